The number of nitrogens with one attached hydrogen (secondary N) is 1. The van der Waals surface area contributed by atoms with E-state index in [2.05, 4.69) is 22.1 Å². The number of aromatic nitrogens is 1. The number of halogens is 1. The lowest BCUT2D eigenvalue weighted by Gasteiger charge is -1.95. The van der Waals surface area contributed by atoms with E-state index in [-0.39, 0.29) is 0 Å². The molecule has 0 saturated carbocycles. The van der Waals surface area contributed by atoms with E-state index in [1.165, 1.54) is 6.07 Å². The van der Waals surface area contributed by atoms with E-state index < -0.39 is 5.95 Å². The largest absolute Gasteiger partial charge is 0.319 e. The monoisotopic (exact) mass is 192 g/mol. The minimum Gasteiger partial charge on any atom is -0.319 e. The number of nitrogens with zero attached hydrogens (tertiary/aromatic N) is 1. The predicted octanol–water partition coefficient (Wildman–Crippen LogP) is 1.49. The van der Waals surface area contributed by atoms with Gasteiger partial charge in [-0.1, -0.05) is 11.8 Å². The molecule has 1 rings (SSSR count). The molecule has 0 atom stereocenters. The lowest BCUT2D eigenvalue weighted by atomic mass is 10.2. The highest BCUT2D eigenvalue weighted by Gasteiger charge is 1.96. The summed E-state index contributed by atoms with van der Waals surface area (Å²) in [7, 11) is 1.88. The minimum absolute atomic E-state index is 0.455. The van der Waals surface area contributed by atoms with E-state index in [9.17, 15) is 4.39 Å². The maximum absolute atomic E-state index is 12.6. The van der Waals surface area contributed by atoms with Gasteiger partial charge in [-0.15, -0.1) is 0 Å². The predicted molar refractivity (Wildman–Crippen MR) is 54.4 cm³/mol. The summed E-state index contributed by atoms with van der Waals surface area (Å²) in [4.78, 5) is 3.69. The number of hydrogen-bond donors (Lipinski definition) is 1. The first-order chi connectivity index (χ1) is 6.74. The van der Waals surface area contributed by atoms with Crippen LogP contribution in [0.3, 0.4) is 0 Å². The second-order valence-corrected chi connectivity index (χ2v) is 2.92. The molecule has 0 unspecified atom stereocenters. The summed E-state index contributed by atoms with van der Waals surface area (Å²) in [5, 5.41) is 3.00. The SMILES string of the molecule is CNCCC#Cc1ccc(F)nc1C. The summed E-state index contributed by atoms with van der Waals surface area (Å²) in [5.41, 5.74) is 1.43. The standard InChI is InChI=1S/C11H13FN2/c1-9-10(5-3-4-8-13-2)6-7-11(12)14-9/h6-7,13H,4,8H2,1-2H3. The Morgan fingerprint density at radius 3 is 2.93 bits per heavy atom. The van der Waals surface area contributed by atoms with Crippen LogP contribution in [0, 0.1) is 24.7 Å². The van der Waals surface area contributed by atoms with E-state index in [0.717, 1.165) is 18.5 Å². The highest BCUT2D eigenvalue weighted by Crippen LogP contribution is 2.03. The molecule has 0 aliphatic carbocycles. The molecule has 0 fully saturated rings. The van der Waals surface area contributed by atoms with Gasteiger partial charge in [-0.2, -0.15) is 4.39 Å². The van der Waals surface area contributed by atoms with Crippen molar-refractivity contribution in [2.45, 2.75) is 13.3 Å². The zero-order valence-electron chi connectivity index (χ0n) is 8.39. The fourth-order valence-corrected chi connectivity index (χ4v) is 1.01. The Bertz CT molecular complexity index is 363. The van der Waals surface area contributed by atoms with E-state index in [4.69, 9.17) is 0 Å². The lowest BCUT2D eigenvalue weighted by molar-refractivity contribution is 0.579. The third kappa shape index (κ3) is 3.15. The van der Waals surface area contributed by atoms with Gasteiger partial charge in [0.1, 0.15) is 0 Å². The zero-order valence-corrected chi connectivity index (χ0v) is 8.39. The van der Waals surface area contributed by atoms with Crippen LogP contribution in [0.4, 0.5) is 4.39 Å². The summed E-state index contributed by atoms with van der Waals surface area (Å²) >= 11 is 0. The van der Waals surface area contributed by atoms with Crippen molar-refractivity contribution < 1.29 is 4.39 Å². The minimum atomic E-state index is -0.455. The Kier molecular flexibility index (Phi) is 4.09. The van der Waals surface area contributed by atoms with Crippen molar-refractivity contribution >= 4 is 0 Å². The summed E-state index contributed by atoms with van der Waals surface area (Å²) in [6, 6.07) is 2.99. The normalized spacial score (nSPS) is 9.36. The fourth-order valence-electron chi connectivity index (χ4n) is 1.01. The van der Waals surface area contributed by atoms with Crippen LogP contribution in [-0.2, 0) is 0 Å². The molecular weight excluding hydrogens is 179 g/mol. The topological polar surface area (TPSA) is 24.9 Å². The van der Waals surface area contributed by atoms with Gasteiger partial charge >= 0.3 is 0 Å². The maximum atomic E-state index is 12.6. The Balaban J connectivity index is 2.70. The molecule has 1 heterocycles. The number of aryl methyl sites for hydroxylation is 1. The molecule has 0 aliphatic rings. The second kappa shape index (κ2) is 5.36. The summed E-state index contributed by atoms with van der Waals surface area (Å²) < 4.78 is 12.6. The van der Waals surface area contributed by atoms with Gasteiger partial charge in [-0.3, -0.25) is 0 Å². The van der Waals surface area contributed by atoms with Crippen LogP contribution in [0.15, 0.2) is 12.1 Å². The molecule has 74 valence electrons. The molecule has 2 nitrogen and oxygen atoms in total. The van der Waals surface area contributed by atoms with Crippen molar-refractivity contribution in [3.63, 3.8) is 0 Å². The lowest BCUT2D eigenvalue weighted by Crippen LogP contribution is -2.05. The molecule has 1 aromatic rings. The number of rotatable bonds is 2. The summed E-state index contributed by atoms with van der Waals surface area (Å²) in [5.74, 6) is 5.49. The first-order valence-corrected chi connectivity index (χ1v) is 4.50. The van der Waals surface area contributed by atoms with E-state index >= 15 is 0 Å². The van der Waals surface area contributed by atoms with Gasteiger partial charge in [0, 0.05) is 18.5 Å². The first kappa shape index (κ1) is 10.7. The average molecular weight is 192 g/mol. The van der Waals surface area contributed by atoms with Gasteiger partial charge in [-0.05, 0) is 26.1 Å². The summed E-state index contributed by atoms with van der Waals surface area (Å²) in [6.45, 7) is 2.62. The highest BCUT2D eigenvalue weighted by molar-refractivity contribution is 5.36. The fraction of sp³-hybridized carbons (Fsp3) is 0.364. The van der Waals surface area contributed by atoms with Crippen molar-refractivity contribution in [2.75, 3.05) is 13.6 Å². The molecule has 0 aliphatic heterocycles. The Morgan fingerprint density at radius 1 is 1.50 bits per heavy atom. The van der Waals surface area contributed by atoms with Crippen molar-refractivity contribution in [2.24, 2.45) is 0 Å². The van der Waals surface area contributed by atoms with Crippen molar-refractivity contribution in [3.05, 3.63) is 29.3 Å². The van der Waals surface area contributed by atoms with Crippen LogP contribution >= 0.6 is 0 Å². The average Bonchev–Trinajstić information content (AvgIpc) is 2.15. The van der Waals surface area contributed by atoms with Gasteiger partial charge in [0.25, 0.3) is 0 Å². The van der Waals surface area contributed by atoms with Crippen LogP contribution in [0.5, 0.6) is 0 Å². The van der Waals surface area contributed by atoms with E-state index in [1.807, 2.05) is 7.05 Å². The molecule has 0 aromatic carbocycles. The third-order valence-electron chi connectivity index (χ3n) is 1.77. The quantitative estimate of drug-likeness (QED) is 0.436. The molecule has 0 bridgehead atoms. The maximum Gasteiger partial charge on any atom is 0.213 e. The zero-order chi connectivity index (χ0) is 10.4. The Morgan fingerprint density at radius 2 is 2.29 bits per heavy atom. The number of hydrogen-bond acceptors (Lipinski definition) is 2. The Labute approximate surface area is 83.6 Å². The van der Waals surface area contributed by atoms with Crippen LogP contribution in [0.1, 0.15) is 17.7 Å². The number of pyridine rings is 1. The van der Waals surface area contributed by atoms with E-state index in [1.54, 1.807) is 13.0 Å². The third-order valence-corrected chi connectivity index (χ3v) is 1.77. The molecule has 0 radical (unpaired) electrons. The van der Waals surface area contributed by atoms with Crippen LogP contribution in [0.25, 0.3) is 0 Å². The molecule has 1 aromatic heterocycles. The molecule has 0 spiro atoms. The van der Waals surface area contributed by atoms with Crippen LogP contribution in [-0.4, -0.2) is 18.6 Å². The molecule has 0 saturated heterocycles. The van der Waals surface area contributed by atoms with Gasteiger partial charge in [-0.25, -0.2) is 4.98 Å². The molecular formula is C11H13FN2. The first-order valence-electron chi connectivity index (χ1n) is 4.50. The van der Waals surface area contributed by atoms with Crippen molar-refractivity contribution in [3.8, 4) is 11.8 Å². The molecule has 0 amide bonds. The molecule has 3 heteroatoms. The molecule has 14 heavy (non-hydrogen) atoms. The van der Waals surface area contributed by atoms with Crippen molar-refractivity contribution in [1.82, 2.24) is 10.3 Å². The smallest absolute Gasteiger partial charge is 0.213 e. The van der Waals surface area contributed by atoms with Gasteiger partial charge < -0.3 is 5.32 Å². The molecule has 1 N–H and O–H groups in total. The van der Waals surface area contributed by atoms with Gasteiger partial charge in [0.2, 0.25) is 5.95 Å². The van der Waals surface area contributed by atoms with Gasteiger partial charge in [0.15, 0.2) is 0 Å². The van der Waals surface area contributed by atoms with Crippen molar-refractivity contribution in [1.29, 1.82) is 0 Å². The Hall–Kier alpha value is -1.40. The second-order valence-electron chi connectivity index (χ2n) is 2.92. The van der Waals surface area contributed by atoms with E-state index in [0.29, 0.717) is 5.69 Å². The van der Waals surface area contributed by atoms with Crippen LogP contribution < -0.4 is 5.32 Å². The van der Waals surface area contributed by atoms with Gasteiger partial charge in [0.05, 0.1) is 5.69 Å². The van der Waals surface area contributed by atoms with Crippen LogP contribution in [0.2, 0.25) is 0 Å². The summed E-state index contributed by atoms with van der Waals surface area (Å²) in [6.07, 6.45) is 0.785. The highest BCUT2D eigenvalue weighted by atomic mass is 19.1.